The zero-order valence-electron chi connectivity index (χ0n) is 11.9. The summed E-state index contributed by atoms with van der Waals surface area (Å²) in [6.07, 6.45) is 0.792. The third kappa shape index (κ3) is 8.82. The summed E-state index contributed by atoms with van der Waals surface area (Å²) in [6.45, 7) is 10.2. The molecule has 2 N–H and O–H groups in total. The zero-order chi connectivity index (χ0) is 15.1. The van der Waals surface area contributed by atoms with E-state index in [2.05, 4.69) is 17.2 Å². The molecule has 108 valence electrons. The van der Waals surface area contributed by atoms with Crippen molar-refractivity contribution >= 4 is 17.8 Å². The molecular weight excluding hydrogens is 248 g/mol. The van der Waals surface area contributed by atoms with Gasteiger partial charge in [0.2, 0.25) is 5.91 Å². The molecule has 0 aliphatic rings. The molecule has 0 aromatic carbocycles. The van der Waals surface area contributed by atoms with Crippen molar-refractivity contribution in [3.8, 4) is 0 Å². The van der Waals surface area contributed by atoms with Gasteiger partial charge in [-0.2, -0.15) is 0 Å². The summed E-state index contributed by atoms with van der Waals surface area (Å²) in [5.74, 6) is -0.515. The summed E-state index contributed by atoms with van der Waals surface area (Å²) in [5.41, 5.74) is -0.623. The number of hydrogen-bond donors (Lipinski definition) is 2. The number of hydrogen-bond acceptors (Lipinski definition) is 4. The monoisotopic (exact) mass is 270 g/mol. The molecule has 6 nitrogen and oxygen atoms in total. The highest BCUT2D eigenvalue weighted by atomic mass is 16.6. The van der Waals surface area contributed by atoms with Gasteiger partial charge in [-0.25, -0.2) is 4.79 Å². The summed E-state index contributed by atoms with van der Waals surface area (Å²) in [6, 6.07) is -0.681. The largest absolute Gasteiger partial charge is 0.444 e. The number of amides is 2. The van der Waals surface area contributed by atoms with E-state index in [0.29, 0.717) is 6.42 Å². The maximum absolute atomic E-state index is 11.5. The van der Waals surface area contributed by atoms with Crippen LogP contribution in [0.15, 0.2) is 12.7 Å². The van der Waals surface area contributed by atoms with E-state index < -0.39 is 17.7 Å². The van der Waals surface area contributed by atoms with Crippen molar-refractivity contribution in [1.29, 1.82) is 0 Å². The highest BCUT2D eigenvalue weighted by Crippen LogP contribution is 2.07. The molecule has 0 radical (unpaired) electrons. The van der Waals surface area contributed by atoms with Crippen LogP contribution in [0.5, 0.6) is 0 Å². The van der Waals surface area contributed by atoms with Crippen molar-refractivity contribution in [2.75, 3.05) is 6.54 Å². The molecule has 1 atom stereocenters. The number of carbonyl (C=O) groups excluding carboxylic acids is 3. The molecule has 1 unspecified atom stereocenters. The van der Waals surface area contributed by atoms with Gasteiger partial charge in [0.15, 0.2) is 5.78 Å². The molecule has 0 heterocycles. The Hall–Kier alpha value is -1.85. The minimum Gasteiger partial charge on any atom is -0.444 e. The van der Waals surface area contributed by atoms with Gasteiger partial charge >= 0.3 is 6.09 Å². The van der Waals surface area contributed by atoms with Gasteiger partial charge in [-0.3, -0.25) is 9.59 Å². The predicted molar refractivity (Wildman–Crippen MR) is 71.7 cm³/mol. The third-order valence-corrected chi connectivity index (χ3v) is 2.10. The van der Waals surface area contributed by atoms with Crippen molar-refractivity contribution in [2.45, 2.75) is 45.8 Å². The highest BCUT2D eigenvalue weighted by molar-refractivity contribution is 5.87. The molecule has 19 heavy (non-hydrogen) atoms. The Labute approximate surface area is 113 Å². The fraction of sp³-hybridized carbons (Fsp3) is 0.615. The number of Topliss-reactive ketones (excluding diaryl/α,β-unsaturated/α-hetero) is 1. The Balaban J connectivity index is 4.27. The van der Waals surface area contributed by atoms with Crippen LogP contribution < -0.4 is 10.6 Å². The molecule has 0 spiro atoms. The number of nitrogens with one attached hydrogen (secondary N) is 2. The van der Waals surface area contributed by atoms with Crippen LogP contribution in [-0.2, 0) is 14.3 Å². The van der Waals surface area contributed by atoms with Crippen LogP contribution in [0.4, 0.5) is 4.79 Å². The maximum atomic E-state index is 11.5. The number of carbonyl (C=O) groups is 3. The number of alkyl carbamates (subject to hydrolysis) is 1. The third-order valence-electron chi connectivity index (χ3n) is 2.10. The minimum atomic E-state index is -0.681. The second kappa shape index (κ2) is 7.56. The lowest BCUT2D eigenvalue weighted by molar-refractivity contribution is -0.120. The predicted octanol–water partition coefficient (Wildman–Crippen LogP) is 1.16. The van der Waals surface area contributed by atoms with Crippen molar-refractivity contribution in [1.82, 2.24) is 10.6 Å². The average molecular weight is 270 g/mol. The first-order chi connectivity index (χ1) is 8.65. The zero-order valence-corrected chi connectivity index (χ0v) is 11.9. The normalized spacial score (nSPS) is 12.2. The van der Waals surface area contributed by atoms with E-state index in [0.717, 1.165) is 6.08 Å². The molecule has 0 bridgehead atoms. The lowest BCUT2D eigenvalue weighted by Crippen LogP contribution is -2.44. The van der Waals surface area contributed by atoms with E-state index in [1.54, 1.807) is 20.8 Å². The van der Waals surface area contributed by atoms with E-state index in [9.17, 15) is 14.4 Å². The molecule has 0 aliphatic heterocycles. The van der Waals surface area contributed by atoms with Crippen molar-refractivity contribution in [3.05, 3.63) is 12.7 Å². The van der Waals surface area contributed by atoms with Crippen LogP contribution in [0.1, 0.15) is 34.1 Å². The van der Waals surface area contributed by atoms with Crippen LogP contribution >= 0.6 is 0 Å². The van der Waals surface area contributed by atoms with Crippen LogP contribution in [0.3, 0.4) is 0 Å². The molecule has 0 rings (SSSR count). The van der Waals surface area contributed by atoms with E-state index in [4.69, 9.17) is 4.74 Å². The first kappa shape index (κ1) is 17.2. The fourth-order valence-electron chi connectivity index (χ4n) is 1.24. The average Bonchev–Trinajstić information content (AvgIpc) is 2.24. The van der Waals surface area contributed by atoms with Gasteiger partial charge in [-0.15, -0.1) is 0 Å². The summed E-state index contributed by atoms with van der Waals surface area (Å²) >= 11 is 0. The maximum Gasteiger partial charge on any atom is 0.408 e. The van der Waals surface area contributed by atoms with Gasteiger partial charge in [0, 0.05) is 6.54 Å². The Kier molecular flexibility index (Phi) is 6.82. The molecular formula is C13H22N2O4. The molecule has 0 fully saturated rings. The van der Waals surface area contributed by atoms with Gasteiger partial charge < -0.3 is 15.4 Å². The molecule has 0 saturated carbocycles. The number of ketones is 1. The molecule has 0 aliphatic carbocycles. The Morgan fingerprint density at radius 2 is 1.89 bits per heavy atom. The number of ether oxygens (including phenoxy) is 1. The van der Waals surface area contributed by atoms with E-state index in [1.807, 2.05) is 0 Å². The summed E-state index contributed by atoms with van der Waals surface area (Å²) in [5, 5.41) is 5.01. The topological polar surface area (TPSA) is 84.5 Å². The van der Waals surface area contributed by atoms with Crippen LogP contribution in [0.2, 0.25) is 0 Å². The van der Waals surface area contributed by atoms with Gasteiger partial charge in [0.25, 0.3) is 0 Å². The van der Waals surface area contributed by atoms with E-state index >= 15 is 0 Å². The molecule has 6 heteroatoms. The molecule has 0 aromatic rings. The van der Waals surface area contributed by atoms with Crippen LogP contribution in [0, 0.1) is 0 Å². The van der Waals surface area contributed by atoms with E-state index in [-0.39, 0.29) is 18.2 Å². The highest BCUT2D eigenvalue weighted by Gasteiger charge is 2.21. The smallest absolute Gasteiger partial charge is 0.408 e. The van der Waals surface area contributed by atoms with Crippen LogP contribution in [0.25, 0.3) is 0 Å². The van der Waals surface area contributed by atoms with Gasteiger partial charge in [-0.1, -0.05) is 6.58 Å². The standard InChI is InChI=1S/C13H22N2O4/c1-6-11(17)14-8-7-10(9(2)16)15-12(18)19-13(3,4)5/h6,10H,1,7-8H2,2-5H3,(H,14,17)(H,15,18). The minimum absolute atomic E-state index is 0.196. The van der Waals surface area contributed by atoms with Gasteiger partial charge in [0.05, 0.1) is 6.04 Å². The van der Waals surface area contributed by atoms with Gasteiger partial charge in [0.1, 0.15) is 5.60 Å². The Morgan fingerprint density at radius 3 is 2.32 bits per heavy atom. The number of rotatable bonds is 6. The first-order valence-electron chi connectivity index (χ1n) is 6.06. The second-order valence-electron chi connectivity index (χ2n) is 5.09. The molecule has 2 amide bonds. The lowest BCUT2D eigenvalue weighted by atomic mass is 10.1. The van der Waals surface area contributed by atoms with E-state index in [1.165, 1.54) is 6.92 Å². The van der Waals surface area contributed by atoms with Crippen LogP contribution in [-0.4, -0.2) is 36.0 Å². The molecule has 0 saturated heterocycles. The summed E-state index contributed by atoms with van der Waals surface area (Å²) in [7, 11) is 0. The van der Waals surface area contributed by atoms with Crippen molar-refractivity contribution in [2.24, 2.45) is 0 Å². The fourth-order valence-corrected chi connectivity index (χ4v) is 1.24. The Morgan fingerprint density at radius 1 is 1.32 bits per heavy atom. The summed E-state index contributed by atoms with van der Waals surface area (Å²) < 4.78 is 5.06. The molecule has 0 aromatic heterocycles. The van der Waals surface area contributed by atoms with Crippen molar-refractivity contribution in [3.63, 3.8) is 0 Å². The summed E-state index contributed by atoms with van der Waals surface area (Å²) in [4.78, 5) is 33.9. The first-order valence-corrected chi connectivity index (χ1v) is 6.06. The van der Waals surface area contributed by atoms with Gasteiger partial charge in [-0.05, 0) is 40.2 Å². The Bertz CT molecular complexity index is 358. The SMILES string of the molecule is C=CC(=O)NCCC(NC(=O)OC(C)(C)C)C(C)=O. The van der Waals surface area contributed by atoms with Crippen molar-refractivity contribution < 1.29 is 19.1 Å². The lowest BCUT2D eigenvalue weighted by Gasteiger charge is -2.22. The quantitative estimate of drug-likeness (QED) is 0.709. The second-order valence-corrected chi connectivity index (χ2v) is 5.09.